The molecule has 1 aliphatic heterocycles. The first-order valence-electron chi connectivity index (χ1n) is 8.13. The van der Waals surface area contributed by atoms with Crippen molar-refractivity contribution in [1.29, 1.82) is 0 Å². The van der Waals surface area contributed by atoms with Gasteiger partial charge in [0.1, 0.15) is 6.61 Å². The number of alkyl carbamates (subject to hydrolysis) is 1. The maximum absolute atomic E-state index is 11.8. The summed E-state index contributed by atoms with van der Waals surface area (Å²) in [6.45, 7) is 3.60. The van der Waals surface area contributed by atoms with Gasteiger partial charge in [-0.15, -0.1) is 5.92 Å². The van der Waals surface area contributed by atoms with E-state index in [-0.39, 0.29) is 12.1 Å². The molecule has 1 aromatic carbocycles. The Balaban J connectivity index is 1.62. The second-order valence-corrected chi connectivity index (χ2v) is 5.65. The Morgan fingerprint density at radius 3 is 2.70 bits per heavy atom. The number of hydrogen-bond acceptors (Lipinski definition) is 4. The zero-order valence-corrected chi connectivity index (χ0v) is 13.5. The predicted molar refractivity (Wildman–Crippen MR) is 90.7 cm³/mol. The third-order valence-electron chi connectivity index (χ3n) is 3.82. The van der Waals surface area contributed by atoms with E-state index in [9.17, 15) is 4.79 Å². The van der Waals surface area contributed by atoms with E-state index in [2.05, 4.69) is 22.1 Å². The smallest absolute Gasteiger partial charge is 0.407 e. The quantitative estimate of drug-likeness (QED) is 0.812. The van der Waals surface area contributed by atoms with E-state index in [1.807, 2.05) is 30.3 Å². The number of nitrogens with zero attached hydrogens (tertiary/aromatic N) is 1. The highest BCUT2D eigenvalue weighted by Crippen LogP contribution is 2.10. The topological polar surface area (TPSA) is 67.6 Å². The molecule has 1 aliphatic rings. The van der Waals surface area contributed by atoms with E-state index >= 15 is 0 Å². The Morgan fingerprint density at radius 1 is 1.26 bits per heavy atom. The highest BCUT2D eigenvalue weighted by Gasteiger charge is 2.20. The molecule has 3 N–H and O–H groups in total. The molecule has 0 radical (unpaired) electrons. The lowest BCUT2D eigenvalue weighted by atomic mass is 10.1. The molecule has 0 saturated carbocycles. The van der Waals surface area contributed by atoms with Crippen LogP contribution in [0.4, 0.5) is 4.79 Å². The molecule has 1 saturated heterocycles. The van der Waals surface area contributed by atoms with Gasteiger partial charge in [-0.05, 0) is 18.4 Å². The highest BCUT2D eigenvalue weighted by atomic mass is 16.5. The third kappa shape index (κ3) is 6.72. The normalized spacial score (nSPS) is 15.5. The van der Waals surface area contributed by atoms with Gasteiger partial charge in [0.25, 0.3) is 0 Å². The fraction of sp³-hybridized carbons (Fsp3) is 0.500. The van der Waals surface area contributed by atoms with Crippen molar-refractivity contribution in [2.24, 2.45) is 5.73 Å². The van der Waals surface area contributed by atoms with E-state index in [1.54, 1.807) is 0 Å². The zero-order valence-electron chi connectivity index (χ0n) is 13.5. The summed E-state index contributed by atoms with van der Waals surface area (Å²) in [6.07, 6.45) is 2.28. The van der Waals surface area contributed by atoms with Gasteiger partial charge in [-0.25, -0.2) is 4.79 Å². The summed E-state index contributed by atoms with van der Waals surface area (Å²) in [5.41, 5.74) is 6.40. The average Bonchev–Trinajstić information content (AvgIpc) is 2.59. The van der Waals surface area contributed by atoms with Gasteiger partial charge in [-0.1, -0.05) is 36.3 Å². The van der Waals surface area contributed by atoms with Crippen LogP contribution in [0.5, 0.6) is 0 Å². The van der Waals surface area contributed by atoms with Crippen LogP contribution in [0.2, 0.25) is 0 Å². The predicted octanol–water partition coefficient (Wildman–Crippen LogP) is 1.73. The molecule has 1 amide bonds. The lowest BCUT2D eigenvalue weighted by Gasteiger charge is -2.30. The average molecular weight is 315 g/mol. The second-order valence-electron chi connectivity index (χ2n) is 5.65. The fourth-order valence-electron chi connectivity index (χ4n) is 2.50. The van der Waals surface area contributed by atoms with Crippen molar-refractivity contribution in [2.75, 3.05) is 26.2 Å². The summed E-state index contributed by atoms with van der Waals surface area (Å²) >= 11 is 0. The number of piperidine rings is 1. The van der Waals surface area contributed by atoms with Crippen molar-refractivity contribution in [3.05, 3.63) is 35.9 Å². The van der Waals surface area contributed by atoms with Crippen LogP contribution in [-0.4, -0.2) is 43.2 Å². The van der Waals surface area contributed by atoms with Crippen LogP contribution in [0.3, 0.4) is 0 Å². The van der Waals surface area contributed by atoms with Crippen LogP contribution >= 0.6 is 0 Å². The molecule has 0 unspecified atom stereocenters. The van der Waals surface area contributed by atoms with Crippen molar-refractivity contribution in [3.8, 4) is 11.8 Å². The Hall–Kier alpha value is -2.03. The van der Waals surface area contributed by atoms with Crippen molar-refractivity contribution in [1.82, 2.24) is 10.2 Å². The number of benzene rings is 1. The van der Waals surface area contributed by atoms with Crippen LogP contribution in [0.15, 0.2) is 30.3 Å². The van der Waals surface area contributed by atoms with Crippen LogP contribution in [-0.2, 0) is 11.3 Å². The Morgan fingerprint density at radius 2 is 2.00 bits per heavy atom. The first kappa shape index (κ1) is 17.3. The standard InChI is InChI=1S/C18H25N3O2/c19-11-5-2-6-12-21-13-9-17(10-14-21)20-18(22)23-15-16-7-3-1-4-8-16/h1,3-4,7-8,17H,5,9-15,19H2,(H,20,22). The van der Waals surface area contributed by atoms with Crippen molar-refractivity contribution >= 4 is 6.09 Å². The van der Waals surface area contributed by atoms with Crippen molar-refractivity contribution in [3.63, 3.8) is 0 Å². The van der Waals surface area contributed by atoms with Crippen molar-refractivity contribution in [2.45, 2.75) is 31.9 Å². The van der Waals surface area contributed by atoms with Gasteiger partial charge in [0, 0.05) is 32.1 Å². The Kier molecular flexibility index (Phi) is 7.44. The van der Waals surface area contributed by atoms with E-state index in [0.717, 1.165) is 44.5 Å². The number of likely N-dealkylation sites (tertiary alicyclic amines) is 1. The molecule has 0 aromatic heterocycles. The molecular weight excluding hydrogens is 290 g/mol. The maximum atomic E-state index is 11.8. The number of rotatable bonds is 5. The molecule has 1 heterocycles. The summed E-state index contributed by atoms with van der Waals surface area (Å²) in [7, 11) is 0. The molecule has 1 fully saturated rings. The minimum atomic E-state index is -0.338. The number of nitrogens with one attached hydrogen (secondary N) is 1. The van der Waals surface area contributed by atoms with Crippen LogP contribution in [0, 0.1) is 11.8 Å². The molecule has 0 bridgehead atoms. The van der Waals surface area contributed by atoms with E-state index in [1.165, 1.54) is 0 Å². The Bertz CT molecular complexity index is 528. The summed E-state index contributed by atoms with van der Waals surface area (Å²) in [5, 5.41) is 2.95. The number of nitrogens with two attached hydrogens (primary N) is 1. The molecule has 5 heteroatoms. The molecular formula is C18H25N3O2. The van der Waals surface area contributed by atoms with Crippen LogP contribution < -0.4 is 11.1 Å². The lowest BCUT2D eigenvalue weighted by Crippen LogP contribution is -2.44. The third-order valence-corrected chi connectivity index (χ3v) is 3.82. The fourth-order valence-corrected chi connectivity index (χ4v) is 2.50. The summed E-state index contributed by atoms with van der Waals surface area (Å²) in [4.78, 5) is 14.1. The molecule has 0 spiro atoms. The number of carbonyl (C=O) groups excluding carboxylic acids is 1. The summed E-state index contributed by atoms with van der Waals surface area (Å²) in [5.74, 6) is 6.19. The van der Waals surface area contributed by atoms with Gasteiger partial charge in [0.05, 0.1) is 6.54 Å². The maximum Gasteiger partial charge on any atom is 0.407 e. The van der Waals surface area contributed by atoms with Crippen LogP contribution in [0.25, 0.3) is 0 Å². The molecule has 0 aliphatic carbocycles. The molecule has 5 nitrogen and oxygen atoms in total. The summed E-state index contributed by atoms with van der Waals surface area (Å²) < 4.78 is 5.25. The van der Waals surface area contributed by atoms with E-state index in [0.29, 0.717) is 13.2 Å². The van der Waals surface area contributed by atoms with Gasteiger partial charge >= 0.3 is 6.09 Å². The van der Waals surface area contributed by atoms with Gasteiger partial charge in [-0.2, -0.15) is 0 Å². The zero-order chi connectivity index (χ0) is 16.3. The highest BCUT2D eigenvalue weighted by molar-refractivity contribution is 5.67. The van der Waals surface area contributed by atoms with Crippen LogP contribution in [0.1, 0.15) is 24.8 Å². The number of ether oxygens (including phenoxy) is 1. The van der Waals surface area contributed by atoms with Gasteiger partial charge in [-0.3, -0.25) is 4.90 Å². The van der Waals surface area contributed by atoms with E-state index < -0.39 is 0 Å². The van der Waals surface area contributed by atoms with Gasteiger partial charge < -0.3 is 15.8 Å². The monoisotopic (exact) mass is 315 g/mol. The second kappa shape index (κ2) is 9.88. The number of carbonyl (C=O) groups is 1. The minimum absolute atomic E-state index is 0.187. The van der Waals surface area contributed by atoms with Gasteiger partial charge in [0.15, 0.2) is 0 Å². The van der Waals surface area contributed by atoms with Gasteiger partial charge in [0.2, 0.25) is 0 Å². The lowest BCUT2D eigenvalue weighted by molar-refractivity contribution is 0.128. The first-order valence-corrected chi connectivity index (χ1v) is 8.13. The summed E-state index contributed by atoms with van der Waals surface area (Å²) in [6, 6.07) is 9.88. The van der Waals surface area contributed by atoms with E-state index in [4.69, 9.17) is 10.5 Å². The Labute approximate surface area is 138 Å². The SMILES string of the molecule is NCCC#CCN1CCC(NC(=O)OCc2ccccc2)CC1. The minimum Gasteiger partial charge on any atom is -0.445 e. The molecule has 124 valence electrons. The van der Waals surface area contributed by atoms with Crippen molar-refractivity contribution < 1.29 is 9.53 Å². The number of hydrogen-bond donors (Lipinski definition) is 2. The number of amides is 1. The molecule has 2 rings (SSSR count). The largest absolute Gasteiger partial charge is 0.445 e. The molecule has 1 aromatic rings. The first-order chi connectivity index (χ1) is 11.3. The molecule has 23 heavy (non-hydrogen) atoms. The molecule has 0 atom stereocenters.